The number of rotatable bonds is 5. The Morgan fingerprint density at radius 3 is 1.88 bits per heavy atom. The Kier molecular flexibility index (Phi) is 6.32. The van der Waals surface area contributed by atoms with Crippen molar-refractivity contribution in [2.24, 2.45) is 0 Å². The highest BCUT2D eigenvalue weighted by molar-refractivity contribution is 6.09. The van der Waals surface area contributed by atoms with E-state index in [4.69, 9.17) is 0 Å². The Hall–Kier alpha value is -4.82. The summed E-state index contributed by atoms with van der Waals surface area (Å²) in [4.78, 5) is 2.44. The molecule has 2 heteroatoms. The second-order valence-electron chi connectivity index (χ2n) is 11.1. The summed E-state index contributed by atoms with van der Waals surface area (Å²) in [6.45, 7) is 6.73. The van der Waals surface area contributed by atoms with Crippen LogP contribution in [-0.2, 0) is 0 Å². The van der Waals surface area contributed by atoms with Crippen LogP contribution in [0.25, 0.3) is 33.1 Å². The molecule has 1 aromatic heterocycles. The number of aromatic nitrogens is 1. The van der Waals surface area contributed by atoms with E-state index < -0.39 is 0 Å². The van der Waals surface area contributed by atoms with Crippen LogP contribution in [0, 0.1) is 13.8 Å². The van der Waals surface area contributed by atoms with Crippen molar-refractivity contribution in [3.05, 3.63) is 155 Å². The van der Waals surface area contributed by atoms with E-state index in [9.17, 15) is 0 Å². The summed E-state index contributed by atoms with van der Waals surface area (Å²) in [7, 11) is 0. The summed E-state index contributed by atoms with van der Waals surface area (Å²) in [5.41, 5.74) is 14.2. The maximum Gasteiger partial charge on any atom is 0.0541 e. The summed E-state index contributed by atoms with van der Waals surface area (Å²) in [5.74, 6) is 0. The third-order valence-corrected chi connectivity index (χ3v) is 8.52. The van der Waals surface area contributed by atoms with Gasteiger partial charge in [0.25, 0.3) is 0 Å². The zero-order valence-electron chi connectivity index (χ0n) is 23.9. The van der Waals surface area contributed by atoms with E-state index in [2.05, 4.69) is 158 Å². The van der Waals surface area contributed by atoms with Gasteiger partial charge < -0.3 is 9.47 Å². The van der Waals surface area contributed by atoms with Gasteiger partial charge in [0.2, 0.25) is 0 Å². The number of fused-ring (bicyclic) bond motifs is 3. The predicted octanol–water partition coefficient (Wildman–Crippen LogP) is 10.7. The van der Waals surface area contributed by atoms with Gasteiger partial charge in [0.05, 0.1) is 11.0 Å². The van der Waals surface area contributed by atoms with E-state index in [0.717, 1.165) is 12.8 Å². The minimum absolute atomic E-state index is 0.990. The zero-order valence-corrected chi connectivity index (χ0v) is 23.9. The second kappa shape index (κ2) is 10.3. The van der Waals surface area contributed by atoms with Crippen molar-refractivity contribution in [3.8, 4) is 5.69 Å². The molecule has 6 aromatic rings. The number of benzene rings is 5. The number of nitrogens with zero attached hydrogens (tertiary/aromatic N) is 2. The highest BCUT2D eigenvalue weighted by Crippen LogP contribution is 2.40. The van der Waals surface area contributed by atoms with Crippen LogP contribution in [0.2, 0.25) is 0 Å². The lowest BCUT2D eigenvalue weighted by Gasteiger charge is -2.32. The molecule has 7 rings (SSSR count). The lowest BCUT2D eigenvalue weighted by molar-refractivity contribution is 0.915. The summed E-state index contributed by atoms with van der Waals surface area (Å²) in [6, 6.07) is 43.9. The van der Waals surface area contributed by atoms with Crippen molar-refractivity contribution in [1.82, 2.24) is 4.57 Å². The van der Waals surface area contributed by atoms with Gasteiger partial charge in [0.1, 0.15) is 0 Å². The first-order chi connectivity index (χ1) is 20.1. The lowest BCUT2D eigenvalue weighted by atomic mass is 9.88. The van der Waals surface area contributed by atoms with Crippen LogP contribution in [0.5, 0.6) is 0 Å². The summed E-state index contributed by atoms with van der Waals surface area (Å²) in [5, 5.41) is 2.59. The molecule has 0 radical (unpaired) electrons. The molecule has 41 heavy (non-hydrogen) atoms. The molecular weight excluding hydrogens is 496 g/mol. The van der Waals surface area contributed by atoms with Gasteiger partial charge in [0, 0.05) is 33.5 Å². The molecule has 0 aliphatic heterocycles. The van der Waals surface area contributed by atoms with Crippen molar-refractivity contribution in [1.29, 1.82) is 0 Å². The van der Waals surface area contributed by atoms with E-state index in [1.807, 2.05) is 0 Å². The van der Waals surface area contributed by atoms with Crippen molar-refractivity contribution < 1.29 is 0 Å². The van der Waals surface area contributed by atoms with Crippen LogP contribution in [0.3, 0.4) is 0 Å². The van der Waals surface area contributed by atoms with Crippen molar-refractivity contribution in [2.45, 2.75) is 33.6 Å². The van der Waals surface area contributed by atoms with Gasteiger partial charge in [-0.1, -0.05) is 78.9 Å². The monoisotopic (exact) mass is 530 g/mol. The van der Waals surface area contributed by atoms with Crippen molar-refractivity contribution >= 4 is 38.8 Å². The molecule has 0 amide bonds. The molecule has 200 valence electrons. The Morgan fingerprint density at radius 1 is 0.585 bits per heavy atom. The van der Waals surface area contributed by atoms with Gasteiger partial charge in [0.15, 0.2) is 0 Å². The molecule has 0 spiro atoms. The van der Waals surface area contributed by atoms with Gasteiger partial charge in [-0.3, -0.25) is 0 Å². The smallest absolute Gasteiger partial charge is 0.0541 e. The summed E-state index contributed by atoms with van der Waals surface area (Å²) in [6.07, 6.45) is 4.41. The normalized spacial score (nSPS) is 13.6. The number of anilines is 2. The molecule has 0 bridgehead atoms. The largest absolute Gasteiger partial charge is 0.314 e. The fourth-order valence-corrected chi connectivity index (χ4v) is 6.56. The number of hydrogen-bond donors (Lipinski definition) is 0. The Morgan fingerprint density at radius 2 is 1.22 bits per heavy atom. The molecule has 0 unspecified atom stereocenters. The van der Waals surface area contributed by atoms with E-state index in [1.165, 1.54) is 72.4 Å². The zero-order chi connectivity index (χ0) is 27.9. The highest BCUT2D eigenvalue weighted by Gasteiger charge is 2.22. The van der Waals surface area contributed by atoms with Crippen LogP contribution < -0.4 is 4.90 Å². The lowest BCUT2D eigenvalue weighted by Crippen LogP contribution is -2.19. The standard InChI is InChI=1S/C39H34N2/c1-27-13-7-10-18-37(27)40(30-14-5-4-6-15-30)31-21-23-33(28(2)25-31)34-24-22-32(26-29(34)3)41-38-19-11-8-16-35(38)36-17-9-12-20-39(36)41/h4-20,22,24-26H,21,23H2,1-3H3. The first-order valence-corrected chi connectivity index (χ1v) is 14.5. The van der Waals surface area contributed by atoms with Crippen molar-refractivity contribution in [3.63, 3.8) is 0 Å². The molecule has 1 aliphatic carbocycles. The summed E-state index contributed by atoms with van der Waals surface area (Å²) >= 11 is 0. The van der Waals surface area contributed by atoms with Gasteiger partial charge in [-0.2, -0.15) is 0 Å². The van der Waals surface area contributed by atoms with E-state index in [-0.39, 0.29) is 0 Å². The third kappa shape index (κ3) is 4.37. The Bertz CT molecular complexity index is 1920. The van der Waals surface area contributed by atoms with Gasteiger partial charge in [-0.25, -0.2) is 0 Å². The number of hydrogen-bond acceptors (Lipinski definition) is 1. The molecule has 5 aromatic carbocycles. The van der Waals surface area contributed by atoms with Crippen LogP contribution >= 0.6 is 0 Å². The van der Waals surface area contributed by atoms with E-state index in [0.29, 0.717) is 0 Å². The average Bonchev–Trinajstić information content (AvgIpc) is 3.34. The number of allylic oxidation sites excluding steroid dienone is 4. The number of aryl methyl sites for hydroxylation is 2. The van der Waals surface area contributed by atoms with Crippen LogP contribution in [-0.4, -0.2) is 4.57 Å². The molecule has 0 N–H and O–H groups in total. The predicted molar refractivity (Wildman–Crippen MR) is 175 cm³/mol. The van der Waals surface area contributed by atoms with Gasteiger partial charge in [-0.05, 0) is 110 Å². The SMILES string of the molecule is CC1=C(c2ccc(-n3c4ccccc4c4ccccc43)cc2C)CCC(N(c2ccccc2)c2ccccc2C)=C1. The van der Waals surface area contributed by atoms with Gasteiger partial charge in [-0.15, -0.1) is 0 Å². The van der Waals surface area contributed by atoms with Gasteiger partial charge >= 0.3 is 0 Å². The fraction of sp³-hybridized carbons (Fsp3) is 0.128. The molecule has 0 saturated heterocycles. The van der Waals surface area contributed by atoms with Crippen LogP contribution in [0.15, 0.2) is 139 Å². The number of para-hydroxylation sites is 4. The van der Waals surface area contributed by atoms with E-state index >= 15 is 0 Å². The second-order valence-corrected chi connectivity index (χ2v) is 11.1. The molecule has 1 aliphatic rings. The van der Waals surface area contributed by atoms with E-state index in [1.54, 1.807) is 0 Å². The molecule has 0 atom stereocenters. The first kappa shape index (κ1) is 25.2. The first-order valence-electron chi connectivity index (χ1n) is 14.5. The minimum atomic E-state index is 0.990. The van der Waals surface area contributed by atoms with Crippen LogP contribution in [0.1, 0.15) is 36.5 Å². The maximum atomic E-state index is 2.44. The third-order valence-electron chi connectivity index (χ3n) is 8.52. The molecule has 0 fully saturated rings. The van der Waals surface area contributed by atoms with Crippen molar-refractivity contribution in [2.75, 3.05) is 4.90 Å². The van der Waals surface area contributed by atoms with Crippen LogP contribution in [0.4, 0.5) is 11.4 Å². The molecule has 1 heterocycles. The fourth-order valence-electron chi connectivity index (χ4n) is 6.56. The average molecular weight is 531 g/mol. The molecule has 2 nitrogen and oxygen atoms in total. The maximum absolute atomic E-state index is 2.44. The topological polar surface area (TPSA) is 8.17 Å². The highest BCUT2D eigenvalue weighted by atomic mass is 15.2. The molecular formula is C39H34N2. The Labute approximate surface area is 242 Å². The molecule has 0 saturated carbocycles. The Balaban J connectivity index is 1.30. The summed E-state index contributed by atoms with van der Waals surface area (Å²) < 4.78 is 2.40. The minimum Gasteiger partial charge on any atom is -0.314 e. The quantitative estimate of drug-likeness (QED) is 0.215.